The number of hydrogen-bond donors (Lipinski definition) is 7. The molecule has 12 heteroatoms. The fraction of sp³-hybridized carbons (Fsp3) is 0.737. The molecule has 0 aliphatic heterocycles. The van der Waals surface area contributed by atoms with Crippen LogP contribution in [-0.2, 0) is 24.0 Å². The molecule has 0 aliphatic rings. The Balaban J connectivity index is 5.48. The zero-order valence-corrected chi connectivity index (χ0v) is 19.3. The molecule has 178 valence electrons. The van der Waals surface area contributed by atoms with Crippen LogP contribution in [0.3, 0.4) is 0 Å². The van der Waals surface area contributed by atoms with E-state index >= 15 is 0 Å². The third kappa shape index (κ3) is 10.5. The molecule has 0 radical (unpaired) electrons. The molecule has 0 saturated carbocycles. The van der Waals surface area contributed by atoms with E-state index in [1.54, 1.807) is 6.92 Å². The highest BCUT2D eigenvalue weighted by Gasteiger charge is 2.32. The highest BCUT2D eigenvalue weighted by molar-refractivity contribution is 7.80. The predicted molar refractivity (Wildman–Crippen MR) is 118 cm³/mol. The minimum Gasteiger partial charge on any atom is -0.480 e. The van der Waals surface area contributed by atoms with Crippen molar-refractivity contribution < 1.29 is 29.1 Å². The van der Waals surface area contributed by atoms with Gasteiger partial charge in [-0.05, 0) is 18.3 Å². The van der Waals surface area contributed by atoms with Crippen LogP contribution in [0.25, 0.3) is 0 Å². The minimum absolute atomic E-state index is 0.0138. The third-order valence-corrected chi connectivity index (χ3v) is 5.05. The molecule has 0 fully saturated rings. The van der Waals surface area contributed by atoms with Crippen LogP contribution in [0.5, 0.6) is 0 Å². The summed E-state index contributed by atoms with van der Waals surface area (Å²) in [5.41, 5.74) is 10.7. The average molecular weight is 462 g/mol. The molecule has 0 bridgehead atoms. The van der Waals surface area contributed by atoms with Gasteiger partial charge in [0, 0.05) is 5.75 Å². The summed E-state index contributed by atoms with van der Waals surface area (Å²) in [5.74, 6) is -4.41. The standard InChI is InChI=1S/C19H35N5O6S/c1-5-10(4)15(18(28)23-13(8-31)19(29)30)24-17(27)12(6-9(2)3)22-16(26)11(20)7-14(21)25/h9-13,15,31H,5-8,20H2,1-4H3,(H2,21,25)(H,22,26)(H,23,28)(H,24,27)(H,29,30). The van der Waals surface area contributed by atoms with E-state index < -0.39 is 53.8 Å². The van der Waals surface area contributed by atoms with Gasteiger partial charge in [-0.25, -0.2) is 4.79 Å². The van der Waals surface area contributed by atoms with E-state index in [0.29, 0.717) is 6.42 Å². The summed E-state index contributed by atoms with van der Waals surface area (Å²) in [4.78, 5) is 60.0. The van der Waals surface area contributed by atoms with Crippen molar-refractivity contribution in [3.05, 3.63) is 0 Å². The summed E-state index contributed by atoms with van der Waals surface area (Å²) in [5, 5.41) is 16.6. The summed E-state index contributed by atoms with van der Waals surface area (Å²) in [6.45, 7) is 7.25. The van der Waals surface area contributed by atoms with Crippen molar-refractivity contribution in [1.82, 2.24) is 16.0 Å². The highest BCUT2D eigenvalue weighted by Crippen LogP contribution is 2.11. The van der Waals surface area contributed by atoms with Crippen molar-refractivity contribution in [2.75, 3.05) is 5.75 Å². The lowest BCUT2D eigenvalue weighted by atomic mass is 9.96. The van der Waals surface area contributed by atoms with Gasteiger partial charge in [0.15, 0.2) is 0 Å². The molecule has 4 amide bonds. The molecule has 0 aromatic rings. The predicted octanol–water partition coefficient (Wildman–Crippen LogP) is -1.25. The van der Waals surface area contributed by atoms with Gasteiger partial charge in [-0.1, -0.05) is 34.1 Å². The minimum atomic E-state index is -1.24. The second-order valence-electron chi connectivity index (χ2n) is 7.92. The second-order valence-corrected chi connectivity index (χ2v) is 8.29. The van der Waals surface area contributed by atoms with Crippen molar-refractivity contribution >= 4 is 42.2 Å². The maximum atomic E-state index is 12.9. The fourth-order valence-electron chi connectivity index (χ4n) is 2.69. The van der Waals surface area contributed by atoms with Crippen LogP contribution in [-0.4, -0.2) is 64.6 Å². The smallest absolute Gasteiger partial charge is 0.327 e. The van der Waals surface area contributed by atoms with Crippen molar-refractivity contribution in [3.63, 3.8) is 0 Å². The molecule has 0 aromatic carbocycles. The van der Waals surface area contributed by atoms with E-state index in [2.05, 4.69) is 28.6 Å². The fourth-order valence-corrected chi connectivity index (χ4v) is 2.94. The number of hydrogen-bond acceptors (Lipinski definition) is 7. The van der Waals surface area contributed by atoms with Crippen molar-refractivity contribution in [2.45, 2.75) is 71.1 Å². The first kappa shape index (κ1) is 28.7. The normalized spacial score (nSPS) is 15.8. The monoisotopic (exact) mass is 461 g/mol. The number of nitrogens with one attached hydrogen (secondary N) is 3. The Morgan fingerprint density at radius 2 is 1.48 bits per heavy atom. The summed E-state index contributed by atoms with van der Waals surface area (Å²) in [6, 6.07) is -4.45. The third-order valence-electron chi connectivity index (χ3n) is 4.69. The first-order valence-electron chi connectivity index (χ1n) is 10.1. The first-order chi connectivity index (χ1) is 14.3. The molecule has 0 rings (SSSR count). The van der Waals surface area contributed by atoms with Gasteiger partial charge < -0.3 is 32.5 Å². The molecule has 0 aliphatic carbocycles. The van der Waals surface area contributed by atoms with Crippen LogP contribution in [0.2, 0.25) is 0 Å². The Hall–Kier alpha value is -2.34. The molecule has 0 heterocycles. The van der Waals surface area contributed by atoms with Crippen LogP contribution in [0, 0.1) is 11.8 Å². The lowest BCUT2D eigenvalue weighted by molar-refractivity contribution is -0.142. The summed E-state index contributed by atoms with van der Waals surface area (Å²) in [7, 11) is 0. The SMILES string of the molecule is CCC(C)C(NC(=O)C(CC(C)C)NC(=O)C(N)CC(N)=O)C(=O)NC(CS)C(=O)O. The van der Waals surface area contributed by atoms with E-state index in [-0.39, 0.29) is 30.4 Å². The summed E-state index contributed by atoms with van der Waals surface area (Å²) in [6.07, 6.45) is 0.409. The van der Waals surface area contributed by atoms with E-state index in [9.17, 15) is 24.0 Å². The number of nitrogens with two attached hydrogens (primary N) is 2. The Morgan fingerprint density at radius 1 is 0.935 bits per heavy atom. The lowest BCUT2D eigenvalue weighted by Crippen LogP contribution is -2.59. The van der Waals surface area contributed by atoms with Crippen LogP contribution in [0.4, 0.5) is 0 Å². The van der Waals surface area contributed by atoms with Crippen molar-refractivity contribution in [3.8, 4) is 0 Å². The van der Waals surface area contributed by atoms with Crippen LogP contribution >= 0.6 is 12.6 Å². The largest absolute Gasteiger partial charge is 0.480 e. The van der Waals surface area contributed by atoms with Gasteiger partial charge in [0.25, 0.3) is 0 Å². The molecule has 0 saturated heterocycles. The second kappa shape index (κ2) is 13.9. The number of amides is 4. The van der Waals surface area contributed by atoms with Gasteiger partial charge in [-0.15, -0.1) is 0 Å². The molecule has 8 N–H and O–H groups in total. The van der Waals surface area contributed by atoms with Crippen LogP contribution < -0.4 is 27.4 Å². The number of aliphatic carboxylic acids is 1. The molecule has 0 aromatic heterocycles. The molecule has 11 nitrogen and oxygen atoms in total. The molecule has 31 heavy (non-hydrogen) atoms. The lowest BCUT2D eigenvalue weighted by Gasteiger charge is -2.28. The average Bonchev–Trinajstić information content (AvgIpc) is 2.67. The van der Waals surface area contributed by atoms with E-state index in [1.165, 1.54) is 0 Å². The maximum Gasteiger partial charge on any atom is 0.327 e. The van der Waals surface area contributed by atoms with Crippen molar-refractivity contribution in [2.24, 2.45) is 23.3 Å². The van der Waals surface area contributed by atoms with Gasteiger partial charge in [0.2, 0.25) is 23.6 Å². The van der Waals surface area contributed by atoms with E-state index in [0.717, 1.165) is 0 Å². The number of rotatable bonds is 14. The Kier molecular flexibility index (Phi) is 12.8. The van der Waals surface area contributed by atoms with Crippen LogP contribution in [0.1, 0.15) is 47.0 Å². The number of carbonyl (C=O) groups excluding carboxylic acids is 4. The van der Waals surface area contributed by atoms with E-state index in [4.69, 9.17) is 16.6 Å². The molecule has 5 atom stereocenters. The van der Waals surface area contributed by atoms with Gasteiger partial charge in [-0.3, -0.25) is 19.2 Å². The van der Waals surface area contributed by atoms with Crippen LogP contribution in [0.15, 0.2) is 0 Å². The Morgan fingerprint density at radius 3 is 1.90 bits per heavy atom. The molecule has 0 spiro atoms. The molecular formula is C19H35N5O6S. The number of primary amides is 1. The molecule has 5 unspecified atom stereocenters. The summed E-state index contributed by atoms with van der Waals surface area (Å²) < 4.78 is 0. The van der Waals surface area contributed by atoms with Crippen molar-refractivity contribution in [1.29, 1.82) is 0 Å². The number of carboxylic acid groups (broad SMARTS) is 1. The highest BCUT2D eigenvalue weighted by atomic mass is 32.1. The zero-order valence-electron chi connectivity index (χ0n) is 18.4. The number of thiol groups is 1. The van der Waals surface area contributed by atoms with Gasteiger partial charge in [0.1, 0.15) is 18.1 Å². The van der Waals surface area contributed by atoms with Gasteiger partial charge in [-0.2, -0.15) is 12.6 Å². The Labute approximate surface area is 187 Å². The molecular weight excluding hydrogens is 426 g/mol. The number of carboxylic acids is 1. The zero-order chi connectivity index (χ0) is 24.3. The topological polar surface area (TPSA) is 194 Å². The summed E-state index contributed by atoms with van der Waals surface area (Å²) >= 11 is 3.92. The quantitative estimate of drug-likeness (QED) is 0.157. The van der Waals surface area contributed by atoms with Gasteiger partial charge >= 0.3 is 5.97 Å². The maximum absolute atomic E-state index is 12.9. The number of carbonyl (C=O) groups is 5. The van der Waals surface area contributed by atoms with Gasteiger partial charge in [0.05, 0.1) is 12.5 Å². The van der Waals surface area contributed by atoms with E-state index in [1.807, 2.05) is 20.8 Å². The Bertz CT molecular complexity index is 660. The first-order valence-corrected chi connectivity index (χ1v) is 10.8.